The zero-order valence-electron chi connectivity index (χ0n) is 13.4. The third-order valence-corrected chi connectivity index (χ3v) is 4.21. The molecule has 1 aromatic carbocycles. The van der Waals surface area contributed by atoms with Crippen LogP contribution in [0.1, 0.15) is 15.2 Å². The van der Waals surface area contributed by atoms with Gasteiger partial charge in [-0.2, -0.15) is 0 Å². The van der Waals surface area contributed by atoms with Crippen molar-refractivity contribution in [2.45, 2.75) is 6.92 Å². The van der Waals surface area contributed by atoms with Crippen LogP contribution >= 0.6 is 11.3 Å². The van der Waals surface area contributed by atoms with Gasteiger partial charge in [0.2, 0.25) is 0 Å². The average molecular weight is 353 g/mol. The summed E-state index contributed by atoms with van der Waals surface area (Å²) in [6.45, 7) is 1.56. The van der Waals surface area contributed by atoms with Crippen LogP contribution in [0.4, 0.5) is 5.13 Å². The fourth-order valence-corrected chi connectivity index (χ4v) is 3.02. The summed E-state index contributed by atoms with van der Waals surface area (Å²) in [6.07, 6.45) is 2.94. The van der Waals surface area contributed by atoms with Crippen LogP contribution in [0.3, 0.4) is 0 Å². The second-order valence-electron chi connectivity index (χ2n) is 5.16. The van der Waals surface area contributed by atoms with Gasteiger partial charge in [-0.3, -0.25) is 15.1 Å². The summed E-state index contributed by atoms with van der Waals surface area (Å²) in [5.74, 6) is -1.03. The number of anilines is 1. The van der Waals surface area contributed by atoms with E-state index in [-0.39, 0.29) is 6.61 Å². The number of carbonyl (C=O) groups excluding carboxylic acids is 2. The van der Waals surface area contributed by atoms with E-state index in [0.717, 1.165) is 16.1 Å². The molecule has 126 valence electrons. The van der Waals surface area contributed by atoms with Gasteiger partial charge in [-0.15, -0.1) is 11.3 Å². The Bertz CT molecular complexity index is 879. The maximum atomic E-state index is 12.0. The molecule has 3 aromatic rings. The van der Waals surface area contributed by atoms with Crippen molar-refractivity contribution in [2.75, 3.05) is 11.9 Å². The van der Waals surface area contributed by atoms with Crippen molar-refractivity contribution in [3.8, 4) is 11.3 Å². The lowest BCUT2D eigenvalue weighted by Crippen LogP contribution is -2.20. The van der Waals surface area contributed by atoms with Crippen molar-refractivity contribution < 1.29 is 14.3 Å². The summed E-state index contributed by atoms with van der Waals surface area (Å²) in [5.41, 5.74) is 2.11. The molecule has 0 unspecified atom stereocenters. The largest absolute Gasteiger partial charge is 0.452 e. The predicted octanol–water partition coefficient (Wildman–Crippen LogP) is 3.31. The third-order valence-electron chi connectivity index (χ3n) is 3.32. The molecule has 0 spiro atoms. The summed E-state index contributed by atoms with van der Waals surface area (Å²) in [7, 11) is 0. The van der Waals surface area contributed by atoms with E-state index in [9.17, 15) is 9.59 Å². The third kappa shape index (κ3) is 4.27. The molecule has 1 amide bonds. The van der Waals surface area contributed by atoms with Crippen molar-refractivity contribution in [1.29, 1.82) is 0 Å². The Morgan fingerprint density at radius 3 is 2.68 bits per heavy atom. The molecule has 1 N–H and O–H groups in total. The molecule has 0 fully saturated rings. The Morgan fingerprint density at radius 2 is 1.96 bits per heavy atom. The molecule has 6 nitrogen and oxygen atoms in total. The molecule has 7 heteroatoms. The van der Waals surface area contributed by atoms with Crippen LogP contribution in [0.25, 0.3) is 11.3 Å². The molecule has 0 aliphatic heterocycles. The number of thiazole rings is 1. The Morgan fingerprint density at radius 1 is 1.16 bits per heavy atom. The van der Waals surface area contributed by atoms with Gasteiger partial charge in [0, 0.05) is 22.8 Å². The summed E-state index contributed by atoms with van der Waals surface area (Å²) in [4.78, 5) is 33.0. The molecule has 0 bridgehead atoms. The molecule has 2 heterocycles. The minimum absolute atomic E-state index is 0.298. The van der Waals surface area contributed by atoms with Gasteiger partial charge in [0.15, 0.2) is 11.7 Å². The van der Waals surface area contributed by atoms with Gasteiger partial charge in [-0.25, -0.2) is 9.78 Å². The molecule has 0 radical (unpaired) electrons. The number of aryl methyl sites for hydroxylation is 1. The molecule has 2 aromatic heterocycles. The van der Waals surface area contributed by atoms with E-state index in [0.29, 0.717) is 10.7 Å². The van der Waals surface area contributed by atoms with Crippen molar-refractivity contribution in [3.05, 3.63) is 65.3 Å². The number of esters is 1. The monoisotopic (exact) mass is 353 g/mol. The number of amides is 1. The van der Waals surface area contributed by atoms with Gasteiger partial charge in [0.25, 0.3) is 5.91 Å². The molecular formula is C18H15N3O3S. The molecule has 3 rings (SSSR count). The SMILES string of the molecule is Cc1sc(NC(=O)COC(=O)c2cccnc2)nc1-c1ccccc1. The van der Waals surface area contributed by atoms with Crippen molar-refractivity contribution >= 4 is 28.3 Å². The minimum Gasteiger partial charge on any atom is -0.452 e. The van der Waals surface area contributed by atoms with E-state index in [4.69, 9.17) is 4.74 Å². The highest BCUT2D eigenvalue weighted by atomic mass is 32.1. The van der Waals surface area contributed by atoms with Gasteiger partial charge in [0.1, 0.15) is 0 Å². The molecule has 0 aliphatic carbocycles. The second-order valence-corrected chi connectivity index (χ2v) is 6.36. The Kier molecular flexibility index (Phi) is 5.15. The highest BCUT2D eigenvalue weighted by Crippen LogP contribution is 2.30. The lowest BCUT2D eigenvalue weighted by molar-refractivity contribution is -0.119. The van der Waals surface area contributed by atoms with E-state index in [1.807, 2.05) is 37.3 Å². The zero-order chi connectivity index (χ0) is 17.6. The smallest absolute Gasteiger partial charge is 0.340 e. The van der Waals surface area contributed by atoms with E-state index in [2.05, 4.69) is 15.3 Å². The maximum Gasteiger partial charge on any atom is 0.340 e. The molecule has 0 saturated carbocycles. The van der Waals surface area contributed by atoms with Crippen molar-refractivity contribution in [2.24, 2.45) is 0 Å². The molecule has 25 heavy (non-hydrogen) atoms. The summed E-state index contributed by atoms with van der Waals surface area (Å²) in [5, 5.41) is 3.13. The normalized spacial score (nSPS) is 10.3. The molecule has 0 aliphatic rings. The van der Waals surface area contributed by atoms with Crippen LogP contribution in [-0.4, -0.2) is 28.5 Å². The van der Waals surface area contributed by atoms with Crippen LogP contribution in [0.15, 0.2) is 54.9 Å². The lowest BCUT2D eigenvalue weighted by Gasteiger charge is -2.04. The number of rotatable bonds is 5. The first-order valence-corrected chi connectivity index (χ1v) is 8.35. The van der Waals surface area contributed by atoms with Gasteiger partial charge >= 0.3 is 5.97 Å². The Balaban J connectivity index is 1.59. The number of hydrogen-bond acceptors (Lipinski definition) is 6. The van der Waals surface area contributed by atoms with Crippen LogP contribution < -0.4 is 5.32 Å². The topological polar surface area (TPSA) is 81.2 Å². The number of ether oxygens (including phenoxy) is 1. The molecule has 0 saturated heterocycles. The summed E-state index contributed by atoms with van der Waals surface area (Å²) in [6, 6.07) is 12.9. The quantitative estimate of drug-likeness (QED) is 0.712. The van der Waals surface area contributed by atoms with E-state index in [1.54, 1.807) is 18.3 Å². The fraction of sp³-hybridized carbons (Fsp3) is 0.111. The Labute approximate surface area is 148 Å². The fourth-order valence-electron chi connectivity index (χ4n) is 2.17. The van der Waals surface area contributed by atoms with E-state index >= 15 is 0 Å². The van der Waals surface area contributed by atoms with Gasteiger partial charge < -0.3 is 4.74 Å². The first-order valence-electron chi connectivity index (χ1n) is 7.53. The number of nitrogens with zero attached hydrogens (tertiary/aromatic N) is 2. The van der Waals surface area contributed by atoms with Crippen molar-refractivity contribution in [3.63, 3.8) is 0 Å². The summed E-state index contributed by atoms with van der Waals surface area (Å²) < 4.78 is 4.97. The average Bonchev–Trinajstić information content (AvgIpc) is 3.01. The zero-order valence-corrected chi connectivity index (χ0v) is 14.2. The predicted molar refractivity (Wildman–Crippen MR) is 95.4 cm³/mol. The highest BCUT2D eigenvalue weighted by molar-refractivity contribution is 7.16. The first-order chi connectivity index (χ1) is 12.1. The van der Waals surface area contributed by atoms with Crippen LogP contribution in [0.2, 0.25) is 0 Å². The van der Waals surface area contributed by atoms with E-state index < -0.39 is 11.9 Å². The van der Waals surface area contributed by atoms with Gasteiger partial charge in [0.05, 0.1) is 11.3 Å². The van der Waals surface area contributed by atoms with Gasteiger partial charge in [-0.05, 0) is 19.1 Å². The number of pyridine rings is 1. The second kappa shape index (κ2) is 7.67. The summed E-state index contributed by atoms with van der Waals surface area (Å²) >= 11 is 1.37. The van der Waals surface area contributed by atoms with Gasteiger partial charge in [-0.1, -0.05) is 30.3 Å². The number of carbonyl (C=O) groups is 2. The Hall–Kier alpha value is -3.06. The van der Waals surface area contributed by atoms with Crippen LogP contribution in [-0.2, 0) is 9.53 Å². The van der Waals surface area contributed by atoms with E-state index in [1.165, 1.54) is 17.5 Å². The first kappa shape index (κ1) is 16.8. The standard InChI is InChI=1S/C18H15N3O3S/c1-12-16(13-6-3-2-4-7-13)21-18(25-12)20-15(22)11-24-17(23)14-8-5-9-19-10-14/h2-10H,11H2,1H3,(H,20,21,22). The molecule has 0 atom stereocenters. The number of aromatic nitrogens is 2. The number of benzene rings is 1. The molecular weight excluding hydrogens is 338 g/mol. The minimum atomic E-state index is -0.594. The lowest BCUT2D eigenvalue weighted by atomic mass is 10.1. The highest BCUT2D eigenvalue weighted by Gasteiger charge is 2.14. The number of nitrogens with one attached hydrogen (secondary N) is 1. The van der Waals surface area contributed by atoms with Crippen LogP contribution in [0.5, 0.6) is 0 Å². The maximum absolute atomic E-state index is 12.0. The van der Waals surface area contributed by atoms with Crippen LogP contribution in [0, 0.1) is 6.92 Å². The number of hydrogen-bond donors (Lipinski definition) is 1. The van der Waals surface area contributed by atoms with Crippen molar-refractivity contribution in [1.82, 2.24) is 9.97 Å².